The maximum absolute atomic E-state index is 11.5. The van der Waals surface area contributed by atoms with Crippen LogP contribution in [0.1, 0.15) is 20.8 Å². The van der Waals surface area contributed by atoms with E-state index < -0.39 is 6.04 Å². The number of carbonyl (C=O) groups excluding carboxylic acids is 2. The van der Waals surface area contributed by atoms with Gasteiger partial charge in [0.1, 0.15) is 6.29 Å². The van der Waals surface area contributed by atoms with Gasteiger partial charge in [-0.1, -0.05) is 13.8 Å². The van der Waals surface area contributed by atoms with Crippen LogP contribution in [0.25, 0.3) is 0 Å². The highest BCUT2D eigenvalue weighted by Crippen LogP contribution is 2.00. The number of likely N-dealkylation sites (N-methyl/N-ethyl adjacent to an activating group) is 1. The van der Waals surface area contributed by atoms with Gasteiger partial charge in [0.25, 0.3) is 0 Å². The van der Waals surface area contributed by atoms with Crippen molar-refractivity contribution in [2.75, 3.05) is 7.05 Å². The van der Waals surface area contributed by atoms with E-state index >= 15 is 0 Å². The van der Waals surface area contributed by atoms with Gasteiger partial charge in [0.05, 0.1) is 12.1 Å². The van der Waals surface area contributed by atoms with Gasteiger partial charge in [-0.2, -0.15) is 0 Å². The van der Waals surface area contributed by atoms with Gasteiger partial charge >= 0.3 is 0 Å². The van der Waals surface area contributed by atoms with Crippen molar-refractivity contribution in [2.24, 2.45) is 5.92 Å². The van der Waals surface area contributed by atoms with Gasteiger partial charge in [-0.25, -0.2) is 0 Å². The summed E-state index contributed by atoms with van der Waals surface area (Å²) in [6, 6.07) is -0.649. The van der Waals surface area contributed by atoms with Crippen molar-refractivity contribution in [1.82, 2.24) is 10.6 Å². The van der Waals surface area contributed by atoms with E-state index in [9.17, 15) is 9.59 Å². The summed E-state index contributed by atoms with van der Waals surface area (Å²) in [5, 5.41) is 5.50. The molecule has 0 aromatic rings. The van der Waals surface area contributed by atoms with Crippen molar-refractivity contribution in [3.8, 4) is 0 Å². The van der Waals surface area contributed by atoms with Crippen molar-refractivity contribution in [2.45, 2.75) is 32.9 Å². The van der Waals surface area contributed by atoms with E-state index in [2.05, 4.69) is 10.6 Å². The minimum atomic E-state index is -0.415. The Labute approximate surface area is 79.1 Å². The molecule has 2 atom stereocenters. The SMILES string of the molecule is CNC(C(=O)NC(C)C=O)C(C)C. The van der Waals surface area contributed by atoms with Gasteiger partial charge in [0.15, 0.2) is 0 Å². The lowest BCUT2D eigenvalue weighted by atomic mass is 10.0. The van der Waals surface area contributed by atoms with Gasteiger partial charge < -0.3 is 15.4 Å². The lowest BCUT2D eigenvalue weighted by Gasteiger charge is -2.20. The topological polar surface area (TPSA) is 58.2 Å². The number of carbonyl (C=O) groups is 2. The molecule has 1 amide bonds. The van der Waals surface area contributed by atoms with Crippen LogP contribution in [0, 0.1) is 5.92 Å². The highest BCUT2D eigenvalue weighted by molar-refractivity contribution is 5.84. The molecule has 13 heavy (non-hydrogen) atoms. The van der Waals surface area contributed by atoms with Crippen LogP contribution in [0.15, 0.2) is 0 Å². The fourth-order valence-electron chi connectivity index (χ4n) is 1.12. The van der Waals surface area contributed by atoms with Gasteiger partial charge in [0.2, 0.25) is 5.91 Å². The smallest absolute Gasteiger partial charge is 0.237 e. The molecule has 0 saturated carbocycles. The van der Waals surface area contributed by atoms with E-state index in [1.807, 2.05) is 13.8 Å². The molecule has 0 heterocycles. The quantitative estimate of drug-likeness (QED) is 0.591. The molecule has 0 aliphatic rings. The number of aldehydes is 1. The molecule has 0 saturated heterocycles. The summed E-state index contributed by atoms with van der Waals surface area (Å²) in [6.45, 7) is 5.55. The summed E-state index contributed by atoms with van der Waals surface area (Å²) >= 11 is 0. The molecule has 0 fully saturated rings. The number of hydrogen-bond acceptors (Lipinski definition) is 3. The Hall–Kier alpha value is -0.900. The van der Waals surface area contributed by atoms with Crippen LogP contribution < -0.4 is 10.6 Å². The Kier molecular flexibility index (Phi) is 5.30. The molecular formula is C9H18N2O2. The number of hydrogen-bond donors (Lipinski definition) is 2. The van der Waals surface area contributed by atoms with E-state index in [1.165, 1.54) is 0 Å². The van der Waals surface area contributed by atoms with E-state index in [0.717, 1.165) is 0 Å². The first-order chi connectivity index (χ1) is 6.02. The van der Waals surface area contributed by atoms with Crippen LogP contribution in [0.2, 0.25) is 0 Å². The minimum absolute atomic E-state index is 0.128. The van der Waals surface area contributed by atoms with Gasteiger partial charge in [0, 0.05) is 0 Å². The predicted octanol–water partition coefficient (Wildman–Crippen LogP) is -0.0660. The predicted molar refractivity (Wildman–Crippen MR) is 51.4 cm³/mol. The maximum atomic E-state index is 11.5. The third-order valence-corrected chi connectivity index (χ3v) is 1.83. The second-order valence-corrected chi connectivity index (χ2v) is 3.44. The molecule has 2 N–H and O–H groups in total. The standard InChI is InChI=1S/C9H18N2O2/c1-6(2)8(10-4)9(13)11-7(3)5-12/h5-8,10H,1-4H3,(H,11,13). The van der Waals surface area contributed by atoms with Crippen LogP contribution in [0.5, 0.6) is 0 Å². The van der Waals surface area contributed by atoms with Crippen molar-refractivity contribution in [1.29, 1.82) is 0 Å². The molecule has 0 rings (SSSR count). The molecule has 0 bridgehead atoms. The van der Waals surface area contributed by atoms with Crippen molar-refractivity contribution in [3.05, 3.63) is 0 Å². The molecule has 0 aromatic heterocycles. The molecule has 0 aromatic carbocycles. The van der Waals surface area contributed by atoms with Gasteiger partial charge in [-0.05, 0) is 19.9 Å². The summed E-state index contributed by atoms with van der Waals surface area (Å²) in [4.78, 5) is 21.7. The van der Waals surface area contributed by atoms with Gasteiger partial charge in [-0.15, -0.1) is 0 Å². The average molecular weight is 186 g/mol. The first-order valence-electron chi connectivity index (χ1n) is 4.45. The van der Waals surface area contributed by atoms with Crippen molar-refractivity contribution < 1.29 is 9.59 Å². The molecule has 0 aliphatic carbocycles. The molecule has 0 spiro atoms. The van der Waals surface area contributed by atoms with E-state index in [-0.39, 0.29) is 17.9 Å². The van der Waals surface area contributed by atoms with Crippen molar-refractivity contribution in [3.63, 3.8) is 0 Å². The second kappa shape index (κ2) is 5.70. The van der Waals surface area contributed by atoms with Crippen LogP contribution in [0.3, 0.4) is 0 Å². The zero-order chi connectivity index (χ0) is 10.4. The average Bonchev–Trinajstić information content (AvgIpc) is 2.04. The number of nitrogens with one attached hydrogen (secondary N) is 2. The molecule has 76 valence electrons. The fourth-order valence-corrected chi connectivity index (χ4v) is 1.12. The maximum Gasteiger partial charge on any atom is 0.237 e. The number of amides is 1. The highest BCUT2D eigenvalue weighted by Gasteiger charge is 2.20. The monoisotopic (exact) mass is 186 g/mol. The Morgan fingerprint density at radius 1 is 1.31 bits per heavy atom. The Balaban J connectivity index is 4.13. The Bertz CT molecular complexity index is 180. The molecule has 4 heteroatoms. The Morgan fingerprint density at radius 2 is 1.85 bits per heavy atom. The first kappa shape index (κ1) is 12.1. The zero-order valence-electron chi connectivity index (χ0n) is 8.63. The molecule has 0 radical (unpaired) electrons. The summed E-state index contributed by atoms with van der Waals surface area (Å²) < 4.78 is 0. The first-order valence-corrected chi connectivity index (χ1v) is 4.45. The molecule has 4 nitrogen and oxygen atoms in total. The van der Waals surface area contributed by atoms with E-state index in [4.69, 9.17) is 0 Å². The number of rotatable bonds is 5. The van der Waals surface area contributed by atoms with E-state index in [0.29, 0.717) is 6.29 Å². The third kappa shape index (κ3) is 4.03. The summed E-state index contributed by atoms with van der Waals surface area (Å²) in [5.41, 5.74) is 0. The van der Waals surface area contributed by atoms with Crippen LogP contribution in [-0.4, -0.2) is 31.3 Å². The normalized spacial score (nSPS) is 15.2. The van der Waals surface area contributed by atoms with Crippen LogP contribution >= 0.6 is 0 Å². The fraction of sp³-hybridized carbons (Fsp3) is 0.778. The van der Waals surface area contributed by atoms with Crippen LogP contribution in [0.4, 0.5) is 0 Å². The Morgan fingerprint density at radius 3 is 2.15 bits per heavy atom. The van der Waals surface area contributed by atoms with E-state index in [1.54, 1.807) is 14.0 Å². The third-order valence-electron chi connectivity index (χ3n) is 1.83. The molecule has 0 aliphatic heterocycles. The van der Waals surface area contributed by atoms with Crippen molar-refractivity contribution >= 4 is 12.2 Å². The van der Waals surface area contributed by atoms with Crippen LogP contribution in [-0.2, 0) is 9.59 Å². The summed E-state index contributed by atoms with van der Waals surface area (Å²) in [5.74, 6) is 0.0842. The summed E-state index contributed by atoms with van der Waals surface area (Å²) in [6.07, 6.45) is 0.713. The lowest BCUT2D eigenvalue weighted by molar-refractivity contribution is -0.126. The highest BCUT2D eigenvalue weighted by atomic mass is 16.2. The zero-order valence-corrected chi connectivity index (χ0v) is 8.63. The summed E-state index contributed by atoms with van der Waals surface area (Å²) in [7, 11) is 1.73. The van der Waals surface area contributed by atoms with Gasteiger partial charge in [-0.3, -0.25) is 4.79 Å². The minimum Gasteiger partial charge on any atom is -0.346 e. The second-order valence-electron chi connectivity index (χ2n) is 3.44. The molecular weight excluding hydrogens is 168 g/mol. The largest absolute Gasteiger partial charge is 0.346 e. The lowest BCUT2D eigenvalue weighted by Crippen LogP contribution is -2.48. The molecule has 2 unspecified atom stereocenters.